The number of para-hydroxylation sites is 1. The number of imidazole rings is 1. The first-order chi connectivity index (χ1) is 6.79. The Morgan fingerprint density at radius 2 is 2.00 bits per heavy atom. The highest BCUT2D eigenvalue weighted by Gasteiger charge is 2.22. The molecule has 0 atom stereocenters. The predicted octanol–water partition coefficient (Wildman–Crippen LogP) is 1.20. The van der Waals surface area contributed by atoms with Crippen molar-refractivity contribution >= 4 is 5.95 Å². The fraction of sp³-hybridized carbons (Fsp3) is 0. The summed E-state index contributed by atoms with van der Waals surface area (Å²) in [6.07, 6.45) is 3.15. The van der Waals surface area contributed by atoms with Crippen molar-refractivity contribution in [3.63, 3.8) is 0 Å². The van der Waals surface area contributed by atoms with Crippen molar-refractivity contribution in [2.24, 2.45) is 0 Å². The van der Waals surface area contributed by atoms with Crippen LogP contribution in [-0.2, 0) is 0 Å². The first-order valence-corrected chi connectivity index (χ1v) is 4.08. The number of hydrogen-bond donors (Lipinski definition) is 1. The van der Waals surface area contributed by atoms with Crippen molar-refractivity contribution in [3.8, 4) is 5.69 Å². The van der Waals surface area contributed by atoms with Gasteiger partial charge >= 0.3 is 5.95 Å². The highest BCUT2D eigenvalue weighted by Crippen LogP contribution is 2.04. The molecule has 14 heavy (non-hydrogen) atoms. The maximum Gasteiger partial charge on any atom is 0.582 e. The van der Waals surface area contributed by atoms with Crippen molar-refractivity contribution < 1.29 is 9.49 Å². The second-order valence-electron chi connectivity index (χ2n) is 2.75. The van der Waals surface area contributed by atoms with Gasteiger partial charge in [0.2, 0.25) is 0 Å². The van der Waals surface area contributed by atoms with Crippen molar-refractivity contribution in [2.45, 2.75) is 0 Å². The third-order valence-corrected chi connectivity index (χ3v) is 1.87. The molecule has 5 heteroatoms. The first-order valence-electron chi connectivity index (χ1n) is 4.08. The van der Waals surface area contributed by atoms with E-state index in [4.69, 9.17) is 0 Å². The van der Waals surface area contributed by atoms with Crippen LogP contribution in [0.2, 0.25) is 0 Å². The van der Waals surface area contributed by atoms with Gasteiger partial charge in [-0.15, -0.1) is 4.57 Å². The van der Waals surface area contributed by atoms with Crippen LogP contribution in [0, 0.1) is 10.1 Å². The Bertz CT molecular complexity index is 450. The molecule has 2 rings (SSSR count). The van der Waals surface area contributed by atoms with Crippen LogP contribution in [-0.4, -0.2) is 9.91 Å². The smallest absolute Gasteiger partial charge is 0.320 e. The van der Waals surface area contributed by atoms with E-state index in [1.165, 1.54) is 10.8 Å². The molecule has 0 radical (unpaired) electrons. The molecule has 1 N–H and O–H groups in total. The number of nitrogens with one attached hydrogen (secondary N) is 1. The van der Waals surface area contributed by atoms with Crippen molar-refractivity contribution in [1.82, 2.24) is 4.98 Å². The van der Waals surface area contributed by atoms with E-state index in [0.29, 0.717) is 0 Å². The number of rotatable bonds is 2. The monoisotopic (exact) mass is 190 g/mol. The van der Waals surface area contributed by atoms with E-state index in [-0.39, 0.29) is 5.95 Å². The lowest BCUT2D eigenvalue weighted by Crippen LogP contribution is -2.31. The van der Waals surface area contributed by atoms with Crippen LogP contribution in [0.5, 0.6) is 0 Å². The molecule has 0 saturated carbocycles. The zero-order valence-corrected chi connectivity index (χ0v) is 7.25. The highest BCUT2D eigenvalue weighted by atomic mass is 16.6. The lowest BCUT2D eigenvalue weighted by atomic mass is 10.3. The fourth-order valence-corrected chi connectivity index (χ4v) is 1.26. The summed E-state index contributed by atoms with van der Waals surface area (Å²) in [4.78, 5) is 12.7. The van der Waals surface area contributed by atoms with Crippen molar-refractivity contribution in [1.29, 1.82) is 0 Å². The van der Waals surface area contributed by atoms with Gasteiger partial charge in [-0.2, -0.15) is 4.98 Å². The van der Waals surface area contributed by atoms with Gasteiger partial charge in [-0.05, 0) is 12.1 Å². The number of nitrogens with zero attached hydrogens (tertiary/aromatic N) is 2. The van der Waals surface area contributed by atoms with Gasteiger partial charge in [0.25, 0.3) is 0 Å². The van der Waals surface area contributed by atoms with E-state index >= 15 is 0 Å². The molecule has 2 aromatic rings. The quantitative estimate of drug-likeness (QED) is 0.439. The molecule has 5 nitrogen and oxygen atoms in total. The van der Waals surface area contributed by atoms with Gasteiger partial charge in [0.1, 0.15) is 0 Å². The number of aromatic nitrogens is 2. The third kappa shape index (κ3) is 1.35. The average Bonchev–Trinajstić information content (AvgIpc) is 2.67. The fourth-order valence-electron chi connectivity index (χ4n) is 1.26. The lowest BCUT2D eigenvalue weighted by molar-refractivity contribution is -0.656. The Morgan fingerprint density at radius 3 is 2.64 bits per heavy atom. The number of H-pyrrole nitrogens is 1. The van der Waals surface area contributed by atoms with E-state index in [2.05, 4.69) is 4.98 Å². The number of aromatic amines is 1. The molecule has 0 fully saturated rings. The molecule has 0 unspecified atom stereocenters. The largest absolute Gasteiger partial charge is 0.582 e. The van der Waals surface area contributed by atoms with Gasteiger partial charge in [0, 0.05) is 0 Å². The first kappa shape index (κ1) is 8.43. The summed E-state index contributed by atoms with van der Waals surface area (Å²) in [5.74, 6) is -0.0452. The summed E-state index contributed by atoms with van der Waals surface area (Å²) in [6, 6.07) is 9.14. The topological polar surface area (TPSA) is 62.8 Å². The maximum atomic E-state index is 10.6. The minimum absolute atomic E-state index is 0.0452. The van der Waals surface area contributed by atoms with Crippen LogP contribution in [0.3, 0.4) is 0 Å². The molecule has 1 aromatic carbocycles. The van der Waals surface area contributed by atoms with Crippen LogP contribution >= 0.6 is 0 Å². The Kier molecular flexibility index (Phi) is 1.98. The lowest BCUT2D eigenvalue weighted by Gasteiger charge is -1.92. The molecule has 0 bridgehead atoms. The van der Waals surface area contributed by atoms with Crippen molar-refractivity contribution in [2.75, 3.05) is 0 Å². The van der Waals surface area contributed by atoms with E-state index in [1.807, 2.05) is 18.2 Å². The molecule has 0 aliphatic heterocycles. The van der Waals surface area contributed by atoms with Crippen LogP contribution in [0.15, 0.2) is 42.7 Å². The van der Waals surface area contributed by atoms with Gasteiger partial charge in [0.15, 0.2) is 18.1 Å². The van der Waals surface area contributed by atoms with Crippen LogP contribution in [0.1, 0.15) is 0 Å². The maximum absolute atomic E-state index is 10.6. The molecule has 0 saturated heterocycles. The molecule has 70 valence electrons. The summed E-state index contributed by atoms with van der Waals surface area (Å²) in [5.41, 5.74) is 0.764. The van der Waals surface area contributed by atoms with Gasteiger partial charge in [-0.1, -0.05) is 18.2 Å². The third-order valence-electron chi connectivity index (χ3n) is 1.87. The highest BCUT2D eigenvalue weighted by molar-refractivity contribution is 5.22. The Labute approximate surface area is 79.8 Å². The summed E-state index contributed by atoms with van der Waals surface area (Å²) in [7, 11) is 0. The average molecular weight is 190 g/mol. The van der Waals surface area contributed by atoms with Crippen LogP contribution < -0.4 is 4.57 Å². The summed E-state index contributed by atoms with van der Waals surface area (Å²) >= 11 is 0. The second-order valence-corrected chi connectivity index (χ2v) is 2.75. The molecule has 0 aliphatic rings. The van der Waals surface area contributed by atoms with E-state index in [9.17, 15) is 10.1 Å². The minimum Gasteiger partial charge on any atom is -0.320 e. The van der Waals surface area contributed by atoms with Gasteiger partial charge < -0.3 is 10.1 Å². The molecular weight excluding hydrogens is 182 g/mol. The van der Waals surface area contributed by atoms with E-state index in [1.54, 1.807) is 18.3 Å². The van der Waals surface area contributed by atoms with Gasteiger partial charge in [-0.3, -0.25) is 0 Å². The van der Waals surface area contributed by atoms with Crippen molar-refractivity contribution in [3.05, 3.63) is 52.8 Å². The second kappa shape index (κ2) is 3.29. The molecule has 1 heterocycles. The predicted molar refractivity (Wildman–Crippen MR) is 49.0 cm³/mol. The summed E-state index contributed by atoms with van der Waals surface area (Å²) in [6.45, 7) is 0. The SMILES string of the molecule is O=[N+]([O-])c1[nH]cc[n+]1-c1ccccc1. The number of nitro groups is 1. The Balaban J connectivity index is 2.52. The standard InChI is InChI=1S/C9H7N3O2/c13-12(14)9-10-6-7-11(9)8-4-2-1-3-5-8/h1-7H/p+1. The molecule has 0 amide bonds. The van der Waals surface area contributed by atoms with E-state index < -0.39 is 4.92 Å². The van der Waals surface area contributed by atoms with Crippen LogP contribution in [0.25, 0.3) is 5.69 Å². The molecule has 0 spiro atoms. The zero-order chi connectivity index (χ0) is 9.97. The molecule has 0 aliphatic carbocycles. The Hall–Kier alpha value is -2.17. The molecule has 1 aromatic heterocycles. The zero-order valence-electron chi connectivity index (χ0n) is 7.25. The number of hydrogen-bond acceptors (Lipinski definition) is 2. The summed E-state index contributed by atoms with van der Waals surface area (Å²) < 4.78 is 1.49. The number of benzene rings is 1. The minimum atomic E-state index is -0.451. The van der Waals surface area contributed by atoms with Gasteiger partial charge in [-0.25, -0.2) is 0 Å². The summed E-state index contributed by atoms with van der Waals surface area (Å²) in [5, 5.41) is 10.6. The van der Waals surface area contributed by atoms with E-state index in [0.717, 1.165) is 5.69 Å². The van der Waals surface area contributed by atoms with Crippen LogP contribution in [0.4, 0.5) is 5.95 Å². The van der Waals surface area contributed by atoms with Gasteiger partial charge in [0.05, 0.1) is 4.92 Å². The Morgan fingerprint density at radius 1 is 1.29 bits per heavy atom. The normalized spacial score (nSPS) is 10.0. The molecular formula is C9H8N3O2+.